The number of carbonyl (C=O) groups excluding carboxylic acids is 1. The average Bonchev–Trinajstić information content (AvgIpc) is 3.31. The topological polar surface area (TPSA) is 92.8 Å². The molecule has 6 nitrogen and oxygen atoms in total. The van der Waals surface area contributed by atoms with Crippen molar-refractivity contribution in [2.75, 3.05) is 12.8 Å². The maximum Gasteiger partial charge on any atom is 0.239 e. The lowest BCUT2D eigenvalue weighted by molar-refractivity contribution is -0.119. The summed E-state index contributed by atoms with van der Waals surface area (Å²) in [6, 6.07) is 4.35. The molecule has 1 aromatic carbocycles. The lowest BCUT2D eigenvalue weighted by Crippen LogP contribution is -2.50. The predicted octanol–water partition coefficient (Wildman–Crippen LogP) is 1.15. The molecule has 0 unspecified atom stereocenters. The Kier molecular flexibility index (Phi) is 3.90. The van der Waals surface area contributed by atoms with E-state index in [9.17, 15) is 17.6 Å². The molecule has 0 radical (unpaired) electrons. The summed E-state index contributed by atoms with van der Waals surface area (Å²) in [5, 5.41) is 0. The first kappa shape index (κ1) is 16.9. The molecule has 1 heterocycles. The second-order valence-corrected chi connectivity index (χ2v) is 8.70. The zero-order chi connectivity index (χ0) is 17.7. The van der Waals surface area contributed by atoms with Gasteiger partial charge in [-0.25, -0.2) is 22.1 Å². The Morgan fingerprint density at radius 2 is 2.12 bits per heavy atom. The summed E-state index contributed by atoms with van der Waals surface area (Å²) < 4.78 is 39.8. The van der Waals surface area contributed by atoms with Crippen LogP contribution in [0.5, 0.6) is 0 Å². The maximum absolute atomic E-state index is 14.4. The van der Waals surface area contributed by atoms with Gasteiger partial charge in [0.25, 0.3) is 0 Å². The van der Waals surface area contributed by atoms with E-state index in [0.717, 1.165) is 17.1 Å². The van der Waals surface area contributed by atoms with Crippen LogP contribution in [0, 0.1) is 11.7 Å². The first-order valence-corrected chi connectivity index (χ1v) is 9.37. The number of sulfonamides is 1. The number of halogens is 1. The van der Waals surface area contributed by atoms with Crippen molar-refractivity contribution in [1.82, 2.24) is 4.31 Å². The van der Waals surface area contributed by atoms with Crippen molar-refractivity contribution in [2.45, 2.75) is 31.7 Å². The quantitative estimate of drug-likeness (QED) is 0.879. The molecule has 0 saturated heterocycles. The van der Waals surface area contributed by atoms with E-state index in [2.05, 4.69) is 4.99 Å². The van der Waals surface area contributed by atoms with Gasteiger partial charge in [0.1, 0.15) is 17.1 Å². The SMILES string of the molecule is CN1C(N)=N[C@](C)(c2cc(CC(=O)C3CC3)ccc2F)CS1(=O)=O. The zero-order valence-corrected chi connectivity index (χ0v) is 14.4. The number of ketones is 1. The maximum atomic E-state index is 14.4. The van der Waals surface area contributed by atoms with Gasteiger partial charge in [0, 0.05) is 24.9 Å². The molecule has 1 atom stereocenters. The van der Waals surface area contributed by atoms with Gasteiger partial charge in [-0.1, -0.05) is 6.07 Å². The Labute approximate surface area is 140 Å². The number of rotatable bonds is 4. The highest BCUT2D eigenvalue weighted by Crippen LogP contribution is 2.35. The van der Waals surface area contributed by atoms with E-state index in [1.165, 1.54) is 26.1 Å². The van der Waals surface area contributed by atoms with Gasteiger partial charge in [0.15, 0.2) is 0 Å². The largest absolute Gasteiger partial charge is 0.369 e. The van der Waals surface area contributed by atoms with Crippen LogP contribution in [0.25, 0.3) is 0 Å². The average molecular weight is 353 g/mol. The van der Waals surface area contributed by atoms with Gasteiger partial charge < -0.3 is 5.73 Å². The number of nitrogens with two attached hydrogens (primary N) is 1. The van der Waals surface area contributed by atoms with Gasteiger partial charge in [-0.15, -0.1) is 0 Å². The van der Waals surface area contributed by atoms with E-state index in [1.54, 1.807) is 6.07 Å². The molecule has 0 bridgehead atoms. The van der Waals surface area contributed by atoms with Crippen LogP contribution in [-0.2, 0) is 26.8 Å². The molecule has 0 aromatic heterocycles. The van der Waals surface area contributed by atoms with Crippen LogP contribution in [0.15, 0.2) is 23.2 Å². The summed E-state index contributed by atoms with van der Waals surface area (Å²) >= 11 is 0. The van der Waals surface area contributed by atoms with Gasteiger partial charge in [-0.05, 0) is 37.5 Å². The summed E-state index contributed by atoms with van der Waals surface area (Å²) in [5.74, 6) is -0.865. The van der Waals surface area contributed by atoms with Crippen LogP contribution in [-0.4, -0.2) is 37.3 Å². The fourth-order valence-electron chi connectivity index (χ4n) is 2.93. The summed E-state index contributed by atoms with van der Waals surface area (Å²) in [7, 11) is -2.36. The zero-order valence-electron chi connectivity index (χ0n) is 13.6. The molecule has 24 heavy (non-hydrogen) atoms. The summed E-state index contributed by atoms with van der Waals surface area (Å²) in [5.41, 5.74) is 5.19. The van der Waals surface area contributed by atoms with E-state index in [-0.39, 0.29) is 35.4 Å². The smallest absolute Gasteiger partial charge is 0.239 e. The highest BCUT2D eigenvalue weighted by Gasteiger charge is 2.41. The van der Waals surface area contributed by atoms with Crippen molar-refractivity contribution in [3.63, 3.8) is 0 Å². The van der Waals surface area contributed by atoms with Crippen LogP contribution in [0.1, 0.15) is 30.9 Å². The van der Waals surface area contributed by atoms with Crippen molar-refractivity contribution in [3.05, 3.63) is 35.1 Å². The Bertz CT molecular complexity index is 833. The molecule has 1 aromatic rings. The molecule has 1 saturated carbocycles. The number of aliphatic imine (C=N–C) groups is 1. The van der Waals surface area contributed by atoms with E-state index >= 15 is 0 Å². The lowest BCUT2D eigenvalue weighted by Gasteiger charge is -2.34. The molecule has 130 valence electrons. The van der Waals surface area contributed by atoms with Gasteiger partial charge in [-0.3, -0.25) is 4.79 Å². The van der Waals surface area contributed by atoms with Crippen LogP contribution >= 0.6 is 0 Å². The number of nitrogens with zero attached hydrogens (tertiary/aromatic N) is 2. The molecule has 1 aliphatic carbocycles. The van der Waals surface area contributed by atoms with Gasteiger partial charge in [0.05, 0.1) is 5.75 Å². The number of hydrogen-bond acceptors (Lipinski definition) is 5. The third-order valence-electron chi connectivity index (χ3n) is 4.59. The number of benzene rings is 1. The molecule has 0 spiro atoms. The molecule has 1 aliphatic heterocycles. The molecule has 1 fully saturated rings. The van der Waals surface area contributed by atoms with Crippen molar-refractivity contribution < 1.29 is 17.6 Å². The monoisotopic (exact) mass is 353 g/mol. The minimum absolute atomic E-state index is 0.117. The fourth-order valence-corrected chi connectivity index (χ4v) is 4.38. The van der Waals surface area contributed by atoms with Crippen molar-refractivity contribution >= 4 is 21.8 Å². The van der Waals surface area contributed by atoms with Gasteiger partial charge in [0.2, 0.25) is 16.0 Å². The van der Waals surface area contributed by atoms with Gasteiger partial charge in [-0.2, -0.15) is 0 Å². The fraction of sp³-hybridized carbons (Fsp3) is 0.500. The Morgan fingerprint density at radius 1 is 1.46 bits per heavy atom. The first-order chi connectivity index (χ1) is 11.1. The summed E-state index contributed by atoms with van der Waals surface area (Å²) in [6.45, 7) is 1.54. The lowest BCUT2D eigenvalue weighted by atomic mass is 9.91. The van der Waals surface area contributed by atoms with E-state index < -0.39 is 21.4 Å². The molecule has 3 rings (SSSR count). The van der Waals surface area contributed by atoms with Crippen LogP contribution < -0.4 is 5.73 Å². The second kappa shape index (κ2) is 5.54. The van der Waals surface area contributed by atoms with Crippen molar-refractivity contribution in [3.8, 4) is 0 Å². The Morgan fingerprint density at radius 3 is 2.71 bits per heavy atom. The normalized spacial score (nSPS) is 26.1. The predicted molar refractivity (Wildman–Crippen MR) is 88.4 cm³/mol. The second-order valence-electron chi connectivity index (χ2n) is 6.70. The number of guanidine groups is 1. The third-order valence-corrected chi connectivity index (χ3v) is 6.54. The van der Waals surface area contributed by atoms with Gasteiger partial charge >= 0.3 is 0 Å². The minimum atomic E-state index is -3.68. The highest BCUT2D eigenvalue weighted by atomic mass is 32.2. The van der Waals surface area contributed by atoms with Crippen molar-refractivity contribution in [2.24, 2.45) is 16.6 Å². The summed E-state index contributed by atoms with van der Waals surface area (Å²) in [6.07, 6.45) is 2.05. The Balaban J connectivity index is 1.99. The van der Waals surface area contributed by atoms with E-state index in [1.807, 2.05) is 0 Å². The van der Waals surface area contributed by atoms with Crippen LogP contribution in [0.4, 0.5) is 4.39 Å². The molecule has 2 aliphatic rings. The molecule has 8 heteroatoms. The molecular weight excluding hydrogens is 333 g/mol. The Hall–Kier alpha value is -1.96. The number of carbonyl (C=O) groups is 1. The number of Topliss-reactive ketones (excluding diaryl/α,β-unsaturated/α-hetero) is 1. The van der Waals surface area contributed by atoms with E-state index in [4.69, 9.17) is 5.73 Å². The highest BCUT2D eigenvalue weighted by molar-refractivity contribution is 7.89. The minimum Gasteiger partial charge on any atom is -0.369 e. The standard InChI is InChI=1S/C16H20FN3O3S/c1-16(9-24(22,23)20(2)15(18)19-16)12-7-10(3-6-13(12)17)8-14(21)11-4-5-11/h3,6-7,11H,4-5,8-9H2,1-2H3,(H2,18,19)/t16-/m0/s1. The van der Waals surface area contributed by atoms with Crippen LogP contribution in [0.3, 0.4) is 0 Å². The molecule has 0 amide bonds. The molecule has 2 N–H and O–H groups in total. The van der Waals surface area contributed by atoms with Crippen LogP contribution in [0.2, 0.25) is 0 Å². The summed E-state index contributed by atoms with van der Waals surface area (Å²) in [4.78, 5) is 16.2. The third kappa shape index (κ3) is 3.02. The number of hydrogen-bond donors (Lipinski definition) is 1. The molecular formula is C16H20FN3O3S. The van der Waals surface area contributed by atoms with Crippen molar-refractivity contribution in [1.29, 1.82) is 0 Å². The first-order valence-electron chi connectivity index (χ1n) is 7.76. The van der Waals surface area contributed by atoms with E-state index in [0.29, 0.717) is 5.56 Å².